The second-order valence-corrected chi connectivity index (χ2v) is 8.03. The maximum absolute atomic E-state index is 12.7. The van der Waals surface area contributed by atoms with Gasteiger partial charge in [-0.2, -0.15) is 0 Å². The number of morpholine rings is 1. The van der Waals surface area contributed by atoms with E-state index in [0.717, 1.165) is 44.0 Å². The van der Waals surface area contributed by atoms with E-state index >= 15 is 0 Å². The van der Waals surface area contributed by atoms with Crippen molar-refractivity contribution in [2.45, 2.75) is 25.9 Å². The molecule has 4 rings (SSSR count). The Morgan fingerprint density at radius 3 is 2.67 bits per heavy atom. The largest absolute Gasteiger partial charge is 0.490 e. The van der Waals surface area contributed by atoms with E-state index in [0.29, 0.717) is 31.9 Å². The molecule has 2 fully saturated rings. The zero-order valence-corrected chi connectivity index (χ0v) is 17.6. The first kappa shape index (κ1) is 20.7. The van der Waals surface area contributed by atoms with Gasteiger partial charge in [-0.3, -0.25) is 9.69 Å². The minimum absolute atomic E-state index is 0.0531. The van der Waals surface area contributed by atoms with Gasteiger partial charge in [0, 0.05) is 38.3 Å². The van der Waals surface area contributed by atoms with E-state index in [1.165, 1.54) is 5.57 Å². The minimum Gasteiger partial charge on any atom is -0.490 e. The van der Waals surface area contributed by atoms with Crippen molar-refractivity contribution in [3.05, 3.63) is 59.6 Å². The second-order valence-electron chi connectivity index (χ2n) is 8.03. The fourth-order valence-electron chi connectivity index (χ4n) is 4.04. The summed E-state index contributed by atoms with van der Waals surface area (Å²) >= 11 is 0. The number of amides is 1. The molecule has 6 nitrogen and oxygen atoms in total. The van der Waals surface area contributed by atoms with Crippen molar-refractivity contribution in [1.82, 2.24) is 9.80 Å². The van der Waals surface area contributed by atoms with Gasteiger partial charge in [0.15, 0.2) is 0 Å². The molecule has 1 aromatic carbocycles. The van der Waals surface area contributed by atoms with Crippen LogP contribution in [-0.2, 0) is 4.74 Å². The molecule has 1 aromatic heterocycles. The van der Waals surface area contributed by atoms with Gasteiger partial charge in [-0.1, -0.05) is 11.6 Å². The average Bonchev–Trinajstić information content (AvgIpc) is 3.28. The van der Waals surface area contributed by atoms with Crippen molar-refractivity contribution in [3.8, 4) is 5.75 Å². The summed E-state index contributed by atoms with van der Waals surface area (Å²) in [4.78, 5) is 17.0. The Morgan fingerprint density at radius 2 is 1.93 bits per heavy atom. The first-order valence-corrected chi connectivity index (χ1v) is 10.7. The number of benzene rings is 1. The lowest BCUT2D eigenvalue weighted by atomic mass is 10.1. The zero-order valence-electron chi connectivity index (χ0n) is 17.6. The molecule has 0 saturated carbocycles. The summed E-state index contributed by atoms with van der Waals surface area (Å²) in [5.41, 5.74) is 1.98. The van der Waals surface area contributed by atoms with Crippen molar-refractivity contribution in [1.29, 1.82) is 0 Å². The van der Waals surface area contributed by atoms with E-state index in [4.69, 9.17) is 13.9 Å². The van der Waals surface area contributed by atoms with Crippen LogP contribution in [0.2, 0.25) is 0 Å². The van der Waals surface area contributed by atoms with Gasteiger partial charge in [0.1, 0.15) is 17.6 Å². The molecular weight excluding hydrogens is 380 g/mol. The fraction of sp³-hybridized carbons (Fsp3) is 0.458. The van der Waals surface area contributed by atoms with Crippen molar-refractivity contribution >= 4 is 12.0 Å². The molecule has 1 amide bonds. The van der Waals surface area contributed by atoms with Gasteiger partial charge in [-0.05, 0) is 56.2 Å². The van der Waals surface area contributed by atoms with Crippen LogP contribution in [0.4, 0.5) is 0 Å². The topological polar surface area (TPSA) is 55.2 Å². The normalized spacial score (nSPS) is 19.1. The molecular formula is C24H30N2O4. The quantitative estimate of drug-likeness (QED) is 0.727. The smallest absolute Gasteiger partial charge is 0.254 e. The van der Waals surface area contributed by atoms with Crippen LogP contribution in [0, 0.1) is 0 Å². The Kier molecular flexibility index (Phi) is 6.87. The number of likely N-dealkylation sites (tertiary alicyclic amines) is 1. The Balaban J connectivity index is 1.27. The van der Waals surface area contributed by atoms with Gasteiger partial charge < -0.3 is 18.8 Å². The molecule has 0 radical (unpaired) electrons. The predicted octanol–water partition coefficient (Wildman–Crippen LogP) is 3.70. The summed E-state index contributed by atoms with van der Waals surface area (Å²) in [6, 6.07) is 11.5. The lowest BCUT2D eigenvalue weighted by Gasteiger charge is -2.32. The van der Waals surface area contributed by atoms with Gasteiger partial charge >= 0.3 is 0 Å². The van der Waals surface area contributed by atoms with Crippen molar-refractivity contribution in [2.75, 3.05) is 45.9 Å². The molecule has 6 heteroatoms. The molecule has 3 heterocycles. The Hall–Kier alpha value is -2.57. The number of nitrogens with zero attached hydrogens (tertiary/aromatic N) is 2. The van der Waals surface area contributed by atoms with Crippen LogP contribution >= 0.6 is 0 Å². The van der Waals surface area contributed by atoms with Crippen molar-refractivity contribution < 1.29 is 18.7 Å². The van der Waals surface area contributed by atoms with Gasteiger partial charge in [0.25, 0.3) is 5.91 Å². The molecule has 30 heavy (non-hydrogen) atoms. The zero-order chi connectivity index (χ0) is 20.8. The average molecular weight is 411 g/mol. The highest BCUT2D eigenvalue weighted by molar-refractivity contribution is 5.94. The van der Waals surface area contributed by atoms with Crippen LogP contribution in [0.3, 0.4) is 0 Å². The molecule has 0 bridgehead atoms. The molecule has 2 saturated heterocycles. The molecule has 0 N–H and O–H groups in total. The van der Waals surface area contributed by atoms with E-state index in [-0.39, 0.29) is 12.0 Å². The highest BCUT2D eigenvalue weighted by Crippen LogP contribution is 2.22. The lowest BCUT2D eigenvalue weighted by Crippen LogP contribution is -2.40. The first-order valence-electron chi connectivity index (χ1n) is 10.7. The molecule has 160 valence electrons. The third-order valence-electron chi connectivity index (χ3n) is 5.62. The number of carbonyl (C=O) groups is 1. The highest BCUT2D eigenvalue weighted by atomic mass is 16.5. The summed E-state index contributed by atoms with van der Waals surface area (Å²) < 4.78 is 17.0. The number of rotatable bonds is 6. The van der Waals surface area contributed by atoms with Crippen LogP contribution in [0.1, 0.15) is 35.9 Å². The van der Waals surface area contributed by atoms with Gasteiger partial charge in [0.2, 0.25) is 0 Å². The van der Waals surface area contributed by atoms with E-state index in [1.807, 2.05) is 41.3 Å². The SMILES string of the molecule is C/C(=C\c1ccco1)CN1CCC(Oc2cccc(C(=O)N3CCOCC3)c2)CC1. The van der Waals surface area contributed by atoms with Gasteiger partial charge in [-0.15, -0.1) is 0 Å². The highest BCUT2D eigenvalue weighted by Gasteiger charge is 2.22. The summed E-state index contributed by atoms with van der Waals surface area (Å²) in [7, 11) is 0. The van der Waals surface area contributed by atoms with Crippen LogP contribution in [0.15, 0.2) is 52.7 Å². The number of piperidine rings is 1. The van der Waals surface area contributed by atoms with Crippen molar-refractivity contribution in [2.24, 2.45) is 0 Å². The fourth-order valence-corrected chi connectivity index (χ4v) is 4.04. The monoisotopic (exact) mass is 410 g/mol. The van der Waals surface area contributed by atoms with Crippen LogP contribution in [0.5, 0.6) is 5.75 Å². The standard InChI is InChI=1S/C24H30N2O4/c1-19(16-22-6-3-13-29-22)18-25-9-7-21(8-10-25)30-23-5-2-4-20(17-23)24(27)26-11-14-28-15-12-26/h2-6,13,16-17,21H,7-12,14-15,18H2,1H3/b19-16+. The summed E-state index contributed by atoms with van der Waals surface area (Å²) in [6.07, 6.45) is 5.94. The molecule has 0 aliphatic carbocycles. The van der Waals surface area contributed by atoms with Crippen molar-refractivity contribution in [3.63, 3.8) is 0 Å². The van der Waals surface area contributed by atoms with E-state index in [9.17, 15) is 4.79 Å². The predicted molar refractivity (Wildman–Crippen MR) is 116 cm³/mol. The van der Waals surface area contributed by atoms with Gasteiger partial charge in [0.05, 0.1) is 19.5 Å². The van der Waals surface area contributed by atoms with E-state index in [1.54, 1.807) is 6.26 Å². The first-order chi connectivity index (χ1) is 14.7. The lowest BCUT2D eigenvalue weighted by molar-refractivity contribution is 0.0302. The molecule has 0 spiro atoms. The maximum Gasteiger partial charge on any atom is 0.254 e. The molecule has 2 aromatic rings. The van der Waals surface area contributed by atoms with Crippen LogP contribution in [0.25, 0.3) is 6.08 Å². The maximum atomic E-state index is 12.7. The summed E-state index contributed by atoms with van der Waals surface area (Å²) in [5, 5.41) is 0. The molecule has 0 unspecified atom stereocenters. The van der Waals surface area contributed by atoms with E-state index in [2.05, 4.69) is 17.9 Å². The third-order valence-corrected chi connectivity index (χ3v) is 5.62. The van der Waals surface area contributed by atoms with E-state index < -0.39 is 0 Å². The summed E-state index contributed by atoms with van der Waals surface area (Å²) in [6.45, 7) is 7.60. The van der Waals surface area contributed by atoms with Crippen LogP contribution < -0.4 is 4.74 Å². The Morgan fingerprint density at radius 1 is 1.13 bits per heavy atom. The number of carbonyl (C=O) groups excluding carboxylic acids is 1. The molecule has 2 aliphatic rings. The minimum atomic E-state index is 0.0531. The number of hydrogen-bond donors (Lipinski definition) is 0. The Bertz CT molecular complexity index is 848. The number of furan rings is 1. The molecule has 0 atom stereocenters. The number of ether oxygens (including phenoxy) is 2. The number of hydrogen-bond acceptors (Lipinski definition) is 5. The second kappa shape index (κ2) is 9.96. The third kappa shape index (κ3) is 5.52. The molecule has 2 aliphatic heterocycles. The Labute approximate surface area is 178 Å². The summed E-state index contributed by atoms with van der Waals surface area (Å²) in [5.74, 6) is 1.73. The van der Waals surface area contributed by atoms with Gasteiger partial charge in [-0.25, -0.2) is 0 Å². The van der Waals surface area contributed by atoms with Crippen LogP contribution in [-0.4, -0.2) is 67.7 Å².